The van der Waals surface area contributed by atoms with Gasteiger partial charge >= 0.3 is 0 Å². The van der Waals surface area contributed by atoms with E-state index in [1.54, 1.807) is 0 Å². The predicted octanol–water partition coefficient (Wildman–Crippen LogP) is 2.27. The minimum absolute atomic E-state index is 0.0512. The van der Waals surface area contributed by atoms with E-state index in [0.717, 1.165) is 37.8 Å². The smallest absolute Gasteiger partial charge is 0.242 e. The van der Waals surface area contributed by atoms with E-state index in [9.17, 15) is 12.8 Å². The van der Waals surface area contributed by atoms with Crippen LogP contribution in [0.25, 0.3) is 0 Å². The van der Waals surface area contributed by atoms with Crippen LogP contribution in [0.5, 0.6) is 0 Å². The van der Waals surface area contributed by atoms with Crippen molar-refractivity contribution in [2.24, 2.45) is 5.92 Å². The largest absolute Gasteiger partial charge is 0.398 e. The molecule has 1 aliphatic rings. The van der Waals surface area contributed by atoms with Gasteiger partial charge in [0, 0.05) is 6.54 Å². The number of anilines is 1. The number of halogens is 1. The fraction of sp³-hybridized carbons (Fsp3) is 0.538. The zero-order valence-electron chi connectivity index (χ0n) is 10.7. The summed E-state index contributed by atoms with van der Waals surface area (Å²) in [5, 5.41) is 0. The number of nitrogen functional groups attached to an aromatic ring is 1. The van der Waals surface area contributed by atoms with E-state index in [2.05, 4.69) is 4.72 Å². The van der Waals surface area contributed by atoms with Gasteiger partial charge in [-0.05, 0) is 37.0 Å². The molecule has 0 heterocycles. The normalized spacial score (nSPS) is 17.5. The molecule has 0 aromatic heterocycles. The number of nitrogens with one attached hydrogen (secondary N) is 1. The molecule has 0 amide bonds. The summed E-state index contributed by atoms with van der Waals surface area (Å²) in [6, 6.07) is 3.33. The van der Waals surface area contributed by atoms with Gasteiger partial charge in [0.25, 0.3) is 0 Å². The zero-order chi connectivity index (χ0) is 13.9. The second-order valence-electron chi connectivity index (χ2n) is 5.04. The molecule has 0 radical (unpaired) electrons. The third-order valence-electron chi connectivity index (χ3n) is 3.55. The maximum atomic E-state index is 12.9. The Labute approximate surface area is 113 Å². The van der Waals surface area contributed by atoms with Gasteiger partial charge < -0.3 is 5.73 Å². The highest BCUT2D eigenvalue weighted by Gasteiger charge is 2.20. The Kier molecular flexibility index (Phi) is 4.42. The third kappa shape index (κ3) is 3.67. The summed E-state index contributed by atoms with van der Waals surface area (Å²) >= 11 is 0. The lowest BCUT2D eigenvalue weighted by atomic mass is 9.90. The molecule has 2 rings (SSSR count). The van der Waals surface area contributed by atoms with Gasteiger partial charge in [-0.2, -0.15) is 0 Å². The van der Waals surface area contributed by atoms with E-state index in [1.807, 2.05) is 0 Å². The lowest BCUT2D eigenvalue weighted by Crippen LogP contribution is -2.30. The Balaban J connectivity index is 2.05. The lowest BCUT2D eigenvalue weighted by molar-refractivity contribution is 0.357. The Morgan fingerprint density at radius 1 is 1.26 bits per heavy atom. The second-order valence-corrected chi connectivity index (χ2v) is 6.77. The van der Waals surface area contributed by atoms with Gasteiger partial charge in [-0.3, -0.25) is 0 Å². The number of rotatable bonds is 4. The van der Waals surface area contributed by atoms with Crippen molar-refractivity contribution in [2.75, 3.05) is 12.3 Å². The van der Waals surface area contributed by atoms with Crippen LogP contribution in [0.1, 0.15) is 32.1 Å². The predicted molar refractivity (Wildman–Crippen MR) is 72.6 cm³/mol. The first-order chi connectivity index (χ1) is 8.99. The van der Waals surface area contributed by atoms with Crippen LogP contribution in [0, 0.1) is 11.7 Å². The van der Waals surface area contributed by atoms with Crippen molar-refractivity contribution in [3.63, 3.8) is 0 Å². The van der Waals surface area contributed by atoms with Crippen LogP contribution in [0.2, 0.25) is 0 Å². The molecule has 0 aliphatic heterocycles. The van der Waals surface area contributed by atoms with E-state index in [0.29, 0.717) is 12.5 Å². The zero-order valence-corrected chi connectivity index (χ0v) is 11.5. The van der Waals surface area contributed by atoms with Crippen molar-refractivity contribution in [3.8, 4) is 0 Å². The van der Waals surface area contributed by atoms with Crippen molar-refractivity contribution in [3.05, 3.63) is 24.0 Å². The van der Waals surface area contributed by atoms with E-state index in [1.165, 1.54) is 12.5 Å². The summed E-state index contributed by atoms with van der Waals surface area (Å²) in [7, 11) is -3.65. The molecular formula is C13H19FN2O2S. The number of sulfonamides is 1. The average molecular weight is 286 g/mol. The molecular weight excluding hydrogens is 267 g/mol. The minimum Gasteiger partial charge on any atom is -0.398 e. The molecule has 1 aliphatic carbocycles. The van der Waals surface area contributed by atoms with Crippen molar-refractivity contribution in [1.82, 2.24) is 4.72 Å². The highest BCUT2D eigenvalue weighted by Crippen LogP contribution is 2.24. The fourth-order valence-electron chi connectivity index (χ4n) is 2.46. The van der Waals surface area contributed by atoms with Crippen molar-refractivity contribution in [2.45, 2.75) is 37.0 Å². The van der Waals surface area contributed by atoms with Crippen molar-refractivity contribution in [1.29, 1.82) is 0 Å². The van der Waals surface area contributed by atoms with Gasteiger partial charge in [0.2, 0.25) is 10.0 Å². The number of benzene rings is 1. The van der Waals surface area contributed by atoms with E-state index >= 15 is 0 Å². The second kappa shape index (κ2) is 5.88. The van der Waals surface area contributed by atoms with Crippen LogP contribution in [0.3, 0.4) is 0 Å². The quantitative estimate of drug-likeness (QED) is 0.834. The number of nitrogens with two attached hydrogens (primary N) is 1. The topological polar surface area (TPSA) is 72.2 Å². The number of hydrogen-bond donors (Lipinski definition) is 2. The molecule has 3 N–H and O–H groups in total. The minimum atomic E-state index is -3.65. The molecule has 0 spiro atoms. The lowest BCUT2D eigenvalue weighted by Gasteiger charge is -2.21. The Bertz CT molecular complexity index is 540. The Morgan fingerprint density at radius 2 is 1.95 bits per heavy atom. The molecule has 19 heavy (non-hydrogen) atoms. The van der Waals surface area contributed by atoms with Gasteiger partial charge in [0.15, 0.2) is 0 Å². The van der Waals surface area contributed by atoms with Gasteiger partial charge in [0.05, 0.1) is 5.69 Å². The van der Waals surface area contributed by atoms with Crippen LogP contribution >= 0.6 is 0 Å². The molecule has 6 heteroatoms. The summed E-state index contributed by atoms with van der Waals surface area (Å²) in [5.74, 6) is -0.145. The molecule has 4 nitrogen and oxygen atoms in total. The van der Waals surface area contributed by atoms with E-state index < -0.39 is 15.8 Å². The Hall–Kier alpha value is -1.14. The number of hydrogen-bond acceptors (Lipinski definition) is 3. The van der Waals surface area contributed by atoms with Gasteiger partial charge in [-0.15, -0.1) is 0 Å². The van der Waals surface area contributed by atoms with Gasteiger partial charge in [-0.1, -0.05) is 19.3 Å². The first-order valence-corrected chi connectivity index (χ1v) is 8.02. The van der Waals surface area contributed by atoms with Crippen molar-refractivity contribution < 1.29 is 12.8 Å². The molecule has 1 aromatic rings. The SMILES string of the molecule is Nc1cc(F)ccc1S(=O)(=O)NCC1CCCCC1. The summed E-state index contributed by atoms with van der Waals surface area (Å²) in [4.78, 5) is -0.0512. The summed E-state index contributed by atoms with van der Waals surface area (Å²) in [6.07, 6.45) is 5.66. The maximum absolute atomic E-state index is 12.9. The molecule has 1 fully saturated rings. The third-order valence-corrected chi connectivity index (χ3v) is 5.05. The first kappa shape index (κ1) is 14.3. The summed E-state index contributed by atoms with van der Waals surface area (Å²) in [5.41, 5.74) is 5.50. The van der Waals surface area contributed by atoms with Crippen LogP contribution < -0.4 is 10.5 Å². The average Bonchev–Trinajstić information content (AvgIpc) is 2.37. The van der Waals surface area contributed by atoms with Crippen LogP contribution in [0.4, 0.5) is 10.1 Å². The standard InChI is InChI=1S/C13H19FN2O2S/c14-11-6-7-13(12(15)8-11)19(17,18)16-9-10-4-2-1-3-5-10/h6-8,10,16H,1-5,9,15H2. The molecule has 0 bridgehead atoms. The molecule has 0 atom stereocenters. The fourth-order valence-corrected chi connectivity index (χ4v) is 3.69. The molecule has 0 saturated heterocycles. The maximum Gasteiger partial charge on any atom is 0.242 e. The van der Waals surface area contributed by atoms with E-state index in [-0.39, 0.29) is 10.6 Å². The summed E-state index contributed by atoms with van der Waals surface area (Å²) < 4.78 is 39.7. The molecule has 0 unspecified atom stereocenters. The van der Waals surface area contributed by atoms with Crippen LogP contribution in [0.15, 0.2) is 23.1 Å². The highest BCUT2D eigenvalue weighted by atomic mass is 32.2. The monoisotopic (exact) mass is 286 g/mol. The molecule has 1 saturated carbocycles. The van der Waals surface area contributed by atoms with Crippen molar-refractivity contribution >= 4 is 15.7 Å². The highest BCUT2D eigenvalue weighted by molar-refractivity contribution is 7.89. The Morgan fingerprint density at radius 3 is 2.58 bits per heavy atom. The molecule has 106 valence electrons. The van der Waals surface area contributed by atoms with Gasteiger partial charge in [0.1, 0.15) is 10.7 Å². The first-order valence-electron chi connectivity index (χ1n) is 6.54. The summed E-state index contributed by atoms with van der Waals surface area (Å²) in [6.45, 7) is 0.430. The van der Waals surface area contributed by atoms with E-state index in [4.69, 9.17) is 5.73 Å². The molecule has 1 aromatic carbocycles. The van der Waals surface area contributed by atoms with Crippen LogP contribution in [-0.4, -0.2) is 15.0 Å². The van der Waals surface area contributed by atoms with Crippen LogP contribution in [-0.2, 0) is 10.0 Å². The van der Waals surface area contributed by atoms with Gasteiger partial charge in [-0.25, -0.2) is 17.5 Å².